The molecule has 0 aromatic carbocycles. The van der Waals surface area contributed by atoms with Crippen LogP contribution in [0.25, 0.3) is 0 Å². The Kier molecular flexibility index (Phi) is 4.43. The summed E-state index contributed by atoms with van der Waals surface area (Å²) in [5.41, 5.74) is 1.61. The van der Waals surface area contributed by atoms with Crippen molar-refractivity contribution in [3.63, 3.8) is 0 Å². The van der Waals surface area contributed by atoms with E-state index in [0.717, 1.165) is 50.6 Å². The van der Waals surface area contributed by atoms with E-state index in [1.165, 1.54) is 29.7 Å². The number of piperidine rings is 1. The summed E-state index contributed by atoms with van der Waals surface area (Å²) in [6, 6.07) is 2.16. The highest BCUT2D eigenvalue weighted by Gasteiger charge is 2.51. The summed E-state index contributed by atoms with van der Waals surface area (Å²) in [5, 5.41) is 0. The Bertz CT molecular complexity index is 597. The molecular weight excluding hydrogens is 320 g/mol. The number of rotatable bonds is 4. The van der Waals surface area contributed by atoms with Crippen LogP contribution in [0, 0.1) is 5.92 Å². The van der Waals surface area contributed by atoms with Gasteiger partial charge in [0.2, 0.25) is 0 Å². The van der Waals surface area contributed by atoms with Gasteiger partial charge >= 0.3 is 0 Å². The standard InChI is InChI=1S/C19H28N2O2S/c1-3-23-11-14-7-8-20(2)19(10-14)12-21(13-19)18(22)17-9-15-5-4-6-16(15)24-17/h9,14H,3-8,10-13H2,1-2H3/t14-/m1/s1. The number of aryl methyl sites for hydroxylation is 2. The maximum Gasteiger partial charge on any atom is 0.264 e. The molecule has 3 heterocycles. The summed E-state index contributed by atoms with van der Waals surface area (Å²) in [4.78, 5) is 19.7. The number of carbonyl (C=O) groups is 1. The lowest BCUT2D eigenvalue weighted by Gasteiger charge is -2.58. The number of thiophene rings is 1. The van der Waals surface area contributed by atoms with Crippen LogP contribution in [0.4, 0.5) is 0 Å². The van der Waals surface area contributed by atoms with E-state index in [1.54, 1.807) is 11.3 Å². The van der Waals surface area contributed by atoms with Crippen LogP contribution in [0.2, 0.25) is 0 Å². The molecule has 1 atom stereocenters. The molecule has 1 spiro atoms. The molecule has 3 aliphatic rings. The molecule has 4 rings (SSSR count). The van der Waals surface area contributed by atoms with E-state index in [9.17, 15) is 4.79 Å². The second kappa shape index (κ2) is 6.43. The van der Waals surface area contributed by atoms with Crippen molar-refractivity contribution in [1.82, 2.24) is 9.80 Å². The van der Waals surface area contributed by atoms with Gasteiger partial charge in [-0.1, -0.05) is 0 Å². The predicted molar refractivity (Wildman–Crippen MR) is 96.8 cm³/mol. The van der Waals surface area contributed by atoms with E-state index in [-0.39, 0.29) is 11.4 Å². The maximum absolute atomic E-state index is 12.8. The van der Waals surface area contributed by atoms with Crippen LogP contribution < -0.4 is 0 Å². The normalized spacial score (nSPS) is 25.8. The van der Waals surface area contributed by atoms with E-state index in [1.807, 2.05) is 0 Å². The summed E-state index contributed by atoms with van der Waals surface area (Å²) in [6.45, 7) is 6.62. The van der Waals surface area contributed by atoms with Crippen LogP contribution in [0.15, 0.2) is 6.07 Å². The number of hydrogen-bond donors (Lipinski definition) is 0. The highest BCUT2D eigenvalue weighted by molar-refractivity contribution is 7.14. The Morgan fingerprint density at radius 1 is 1.42 bits per heavy atom. The molecule has 0 unspecified atom stereocenters. The Balaban J connectivity index is 1.39. The molecule has 0 radical (unpaired) electrons. The van der Waals surface area contributed by atoms with Crippen molar-refractivity contribution in [2.24, 2.45) is 5.92 Å². The lowest BCUT2D eigenvalue weighted by molar-refractivity contribution is -0.0750. The number of likely N-dealkylation sites (tertiary alicyclic amines) is 2. The van der Waals surface area contributed by atoms with Crippen molar-refractivity contribution in [3.8, 4) is 0 Å². The molecule has 0 N–H and O–H groups in total. The number of amides is 1. The Morgan fingerprint density at radius 2 is 2.25 bits per heavy atom. The highest BCUT2D eigenvalue weighted by atomic mass is 32.1. The van der Waals surface area contributed by atoms with Gasteiger partial charge in [-0.05, 0) is 70.2 Å². The van der Waals surface area contributed by atoms with E-state index in [0.29, 0.717) is 5.92 Å². The van der Waals surface area contributed by atoms with E-state index in [2.05, 4.69) is 29.8 Å². The molecule has 1 aliphatic carbocycles. The molecule has 0 saturated carbocycles. The zero-order valence-electron chi connectivity index (χ0n) is 14.8. The minimum Gasteiger partial charge on any atom is -0.381 e. The summed E-state index contributed by atoms with van der Waals surface area (Å²) < 4.78 is 5.65. The minimum atomic E-state index is 0.190. The van der Waals surface area contributed by atoms with Crippen LogP contribution in [-0.2, 0) is 17.6 Å². The molecule has 0 bridgehead atoms. The van der Waals surface area contributed by atoms with Gasteiger partial charge in [0.1, 0.15) is 0 Å². The molecule has 1 amide bonds. The number of carbonyl (C=O) groups excluding carboxylic acids is 1. The van der Waals surface area contributed by atoms with Crippen LogP contribution in [0.5, 0.6) is 0 Å². The van der Waals surface area contributed by atoms with Gasteiger partial charge in [0.15, 0.2) is 0 Å². The van der Waals surface area contributed by atoms with Gasteiger partial charge in [-0.15, -0.1) is 11.3 Å². The van der Waals surface area contributed by atoms with Gasteiger partial charge in [0.25, 0.3) is 5.91 Å². The number of nitrogens with zero attached hydrogens (tertiary/aromatic N) is 2. The highest BCUT2D eigenvalue weighted by Crippen LogP contribution is 2.40. The molecule has 2 fully saturated rings. The monoisotopic (exact) mass is 348 g/mol. The second-order valence-corrected chi connectivity index (χ2v) is 8.87. The van der Waals surface area contributed by atoms with Gasteiger partial charge in [0, 0.05) is 31.2 Å². The molecule has 1 aromatic heterocycles. The predicted octanol–water partition coefficient (Wildman–Crippen LogP) is 2.81. The fraction of sp³-hybridized carbons (Fsp3) is 0.737. The fourth-order valence-corrected chi connectivity index (χ4v) is 5.83. The SMILES string of the molecule is CCOC[C@@H]1CCN(C)C2(C1)CN(C(=O)c1cc3c(s1)CCC3)C2. The largest absolute Gasteiger partial charge is 0.381 e. The summed E-state index contributed by atoms with van der Waals surface area (Å²) in [7, 11) is 2.22. The maximum atomic E-state index is 12.8. The summed E-state index contributed by atoms with van der Waals surface area (Å²) >= 11 is 1.73. The minimum absolute atomic E-state index is 0.190. The van der Waals surface area contributed by atoms with Crippen molar-refractivity contribution < 1.29 is 9.53 Å². The number of ether oxygens (including phenoxy) is 1. The smallest absolute Gasteiger partial charge is 0.264 e. The summed E-state index contributed by atoms with van der Waals surface area (Å²) in [5.74, 6) is 0.893. The van der Waals surface area contributed by atoms with Gasteiger partial charge < -0.3 is 9.64 Å². The van der Waals surface area contributed by atoms with Crippen molar-refractivity contribution in [3.05, 3.63) is 21.4 Å². The zero-order valence-corrected chi connectivity index (χ0v) is 15.7. The van der Waals surface area contributed by atoms with Crippen LogP contribution in [0.1, 0.15) is 46.3 Å². The Morgan fingerprint density at radius 3 is 3.00 bits per heavy atom. The molecule has 24 heavy (non-hydrogen) atoms. The molecule has 132 valence electrons. The van der Waals surface area contributed by atoms with Crippen LogP contribution in [0.3, 0.4) is 0 Å². The topological polar surface area (TPSA) is 32.8 Å². The molecule has 2 saturated heterocycles. The van der Waals surface area contributed by atoms with Gasteiger partial charge in [0.05, 0.1) is 10.4 Å². The zero-order chi connectivity index (χ0) is 16.7. The second-order valence-electron chi connectivity index (χ2n) is 7.74. The third kappa shape index (κ3) is 2.80. The number of likely N-dealkylation sites (N-methyl/N-ethyl adjacent to an activating group) is 1. The quantitative estimate of drug-likeness (QED) is 0.839. The first-order valence-corrected chi connectivity index (χ1v) is 10.1. The van der Waals surface area contributed by atoms with Crippen molar-refractivity contribution in [2.75, 3.05) is 39.9 Å². The molecule has 1 aromatic rings. The average molecular weight is 349 g/mol. The van der Waals surface area contributed by atoms with Gasteiger partial charge in [-0.25, -0.2) is 0 Å². The van der Waals surface area contributed by atoms with Gasteiger partial charge in [-0.3, -0.25) is 9.69 Å². The lowest BCUT2D eigenvalue weighted by Crippen LogP contribution is -2.72. The van der Waals surface area contributed by atoms with Crippen molar-refractivity contribution >= 4 is 17.2 Å². The molecular formula is C19H28N2O2S. The first-order chi connectivity index (χ1) is 11.6. The van der Waals surface area contributed by atoms with Crippen molar-refractivity contribution in [1.29, 1.82) is 0 Å². The van der Waals surface area contributed by atoms with E-state index < -0.39 is 0 Å². The van der Waals surface area contributed by atoms with E-state index in [4.69, 9.17) is 4.74 Å². The molecule has 5 heteroatoms. The van der Waals surface area contributed by atoms with E-state index >= 15 is 0 Å². The lowest BCUT2D eigenvalue weighted by atomic mass is 9.75. The number of hydrogen-bond acceptors (Lipinski definition) is 4. The van der Waals surface area contributed by atoms with Crippen molar-refractivity contribution in [2.45, 2.75) is 44.6 Å². The first-order valence-electron chi connectivity index (χ1n) is 9.31. The summed E-state index contributed by atoms with van der Waals surface area (Å²) in [6.07, 6.45) is 5.95. The van der Waals surface area contributed by atoms with Gasteiger partial charge in [-0.2, -0.15) is 0 Å². The molecule has 4 nitrogen and oxygen atoms in total. The fourth-order valence-electron chi connectivity index (χ4n) is 4.60. The average Bonchev–Trinajstić information content (AvgIpc) is 3.13. The first kappa shape index (κ1) is 16.6. The third-order valence-electron chi connectivity index (χ3n) is 6.12. The third-order valence-corrected chi connectivity index (χ3v) is 7.35. The van der Waals surface area contributed by atoms with Crippen LogP contribution >= 0.6 is 11.3 Å². The van der Waals surface area contributed by atoms with Crippen LogP contribution in [-0.4, -0.2) is 61.1 Å². The Labute approximate surface area is 148 Å². The Hall–Kier alpha value is -0.910. The number of fused-ring (bicyclic) bond motifs is 1. The molecule has 2 aliphatic heterocycles.